The van der Waals surface area contributed by atoms with Gasteiger partial charge in [-0.1, -0.05) is 18.2 Å². The number of para-hydroxylation sites is 1. The molecule has 0 unspecified atom stereocenters. The fourth-order valence-corrected chi connectivity index (χ4v) is 2.77. The highest BCUT2D eigenvalue weighted by Gasteiger charge is 2.13. The maximum absolute atomic E-state index is 13.3. The lowest BCUT2D eigenvalue weighted by Crippen LogP contribution is -2.03. The number of aromatic nitrogens is 4. The van der Waals surface area contributed by atoms with E-state index in [9.17, 15) is 4.39 Å². The van der Waals surface area contributed by atoms with Crippen molar-refractivity contribution < 1.29 is 4.39 Å². The van der Waals surface area contributed by atoms with Crippen LogP contribution in [0.5, 0.6) is 0 Å². The smallest absolute Gasteiger partial charge is 0.163 e. The van der Waals surface area contributed by atoms with Crippen LogP contribution >= 0.6 is 0 Å². The Morgan fingerprint density at radius 2 is 1.75 bits per heavy atom. The molecule has 28 heavy (non-hydrogen) atoms. The van der Waals surface area contributed by atoms with E-state index in [2.05, 4.69) is 15.5 Å². The molecule has 0 aliphatic rings. The standard InChI is InChI=1S/C21H15FN6/c22-17-8-6-15(7-9-17)21-16(13-24-20-11-10-18(12-23)25-26-20)14-28(27-21)19-4-2-1-3-5-19/h1-11,14H,13H2,(H,24,26). The highest BCUT2D eigenvalue weighted by Crippen LogP contribution is 2.24. The number of rotatable bonds is 5. The van der Waals surface area contributed by atoms with Gasteiger partial charge in [0.25, 0.3) is 0 Å². The van der Waals surface area contributed by atoms with Crippen molar-refractivity contribution in [2.24, 2.45) is 0 Å². The molecule has 0 radical (unpaired) electrons. The van der Waals surface area contributed by atoms with Crippen LogP contribution in [-0.2, 0) is 6.54 Å². The minimum Gasteiger partial charge on any atom is -0.364 e. The molecule has 0 bridgehead atoms. The summed E-state index contributed by atoms with van der Waals surface area (Å²) in [4.78, 5) is 0. The molecule has 136 valence electrons. The van der Waals surface area contributed by atoms with Crippen LogP contribution in [0.1, 0.15) is 11.3 Å². The molecule has 0 saturated heterocycles. The van der Waals surface area contributed by atoms with Gasteiger partial charge in [0.1, 0.15) is 17.7 Å². The Bertz CT molecular complexity index is 1110. The molecule has 0 saturated carbocycles. The molecular weight excluding hydrogens is 355 g/mol. The highest BCUT2D eigenvalue weighted by atomic mass is 19.1. The molecule has 0 amide bonds. The highest BCUT2D eigenvalue weighted by molar-refractivity contribution is 5.63. The van der Waals surface area contributed by atoms with Crippen molar-refractivity contribution >= 4 is 5.82 Å². The van der Waals surface area contributed by atoms with E-state index in [0.29, 0.717) is 12.4 Å². The van der Waals surface area contributed by atoms with Gasteiger partial charge in [-0.25, -0.2) is 9.07 Å². The first-order chi connectivity index (χ1) is 13.7. The maximum atomic E-state index is 13.3. The number of anilines is 1. The van der Waals surface area contributed by atoms with Crippen molar-refractivity contribution in [3.8, 4) is 23.0 Å². The largest absolute Gasteiger partial charge is 0.364 e. The third-order valence-electron chi connectivity index (χ3n) is 4.17. The van der Waals surface area contributed by atoms with Gasteiger partial charge in [0, 0.05) is 23.9 Å². The third kappa shape index (κ3) is 3.71. The molecule has 1 N–H and O–H groups in total. The van der Waals surface area contributed by atoms with Gasteiger partial charge < -0.3 is 5.32 Å². The lowest BCUT2D eigenvalue weighted by molar-refractivity contribution is 0.628. The predicted molar refractivity (Wildman–Crippen MR) is 103 cm³/mol. The van der Waals surface area contributed by atoms with Crippen LogP contribution in [0.4, 0.5) is 10.2 Å². The van der Waals surface area contributed by atoms with Crippen LogP contribution in [-0.4, -0.2) is 20.0 Å². The third-order valence-corrected chi connectivity index (χ3v) is 4.17. The number of nitriles is 1. The summed E-state index contributed by atoms with van der Waals surface area (Å²) in [6.45, 7) is 0.445. The lowest BCUT2D eigenvalue weighted by Gasteiger charge is -2.05. The van der Waals surface area contributed by atoms with Crippen LogP contribution in [0.15, 0.2) is 72.9 Å². The fourth-order valence-electron chi connectivity index (χ4n) is 2.77. The average molecular weight is 370 g/mol. The predicted octanol–water partition coefficient (Wildman–Crippen LogP) is 3.95. The molecule has 0 spiro atoms. The molecular formula is C21H15FN6. The first kappa shape index (κ1) is 17.4. The van der Waals surface area contributed by atoms with Gasteiger partial charge in [-0.15, -0.1) is 10.2 Å². The van der Waals surface area contributed by atoms with Gasteiger partial charge in [0.15, 0.2) is 5.69 Å². The SMILES string of the molecule is N#Cc1ccc(NCc2cn(-c3ccccc3)nc2-c2ccc(F)cc2)nn1. The van der Waals surface area contributed by atoms with Gasteiger partial charge >= 0.3 is 0 Å². The summed E-state index contributed by atoms with van der Waals surface area (Å²) in [6, 6.07) is 21.2. The van der Waals surface area contributed by atoms with Crippen molar-refractivity contribution in [1.29, 1.82) is 5.26 Å². The van der Waals surface area contributed by atoms with Crippen molar-refractivity contribution in [2.45, 2.75) is 6.54 Å². The Kier molecular flexibility index (Phi) is 4.76. The zero-order valence-electron chi connectivity index (χ0n) is 14.7. The van der Waals surface area contributed by atoms with Crippen LogP contribution in [0.3, 0.4) is 0 Å². The number of benzene rings is 2. The molecule has 4 aromatic rings. The number of halogens is 1. The molecule has 0 aliphatic heterocycles. The Morgan fingerprint density at radius 1 is 0.964 bits per heavy atom. The van der Waals surface area contributed by atoms with E-state index in [1.807, 2.05) is 42.6 Å². The second-order valence-electron chi connectivity index (χ2n) is 6.06. The van der Waals surface area contributed by atoms with E-state index in [1.165, 1.54) is 12.1 Å². The van der Waals surface area contributed by atoms with E-state index in [4.69, 9.17) is 10.4 Å². The first-order valence-electron chi connectivity index (χ1n) is 8.60. The monoisotopic (exact) mass is 370 g/mol. The Labute approximate surface area is 160 Å². The van der Waals surface area contributed by atoms with E-state index in [-0.39, 0.29) is 11.5 Å². The quantitative estimate of drug-likeness (QED) is 0.575. The van der Waals surface area contributed by atoms with Crippen molar-refractivity contribution in [2.75, 3.05) is 5.32 Å². The van der Waals surface area contributed by atoms with Crippen LogP contribution in [0.25, 0.3) is 16.9 Å². The Balaban J connectivity index is 1.66. The summed E-state index contributed by atoms with van der Waals surface area (Å²) in [5, 5.41) is 24.5. The topological polar surface area (TPSA) is 79.4 Å². The van der Waals surface area contributed by atoms with E-state index >= 15 is 0 Å². The number of nitrogens with zero attached hydrogens (tertiary/aromatic N) is 5. The summed E-state index contributed by atoms with van der Waals surface area (Å²) in [5.74, 6) is 0.260. The van der Waals surface area contributed by atoms with Gasteiger partial charge in [0.05, 0.1) is 11.4 Å². The summed E-state index contributed by atoms with van der Waals surface area (Å²) in [5.41, 5.74) is 3.67. The summed E-state index contributed by atoms with van der Waals surface area (Å²) in [7, 11) is 0. The molecule has 0 atom stereocenters. The summed E-state index contributed by atoms with van der Waals surface area (Å²) in [6.07, 6.45) is 1.93. The molecule has 4 rings (SSSR count). The molecule has 0 fully saturated rings. The molecule has 2 aromatic carbocycles. The van der Waals surface area contributed by atoms with Crippen LogP contribution < -0.4 is 5.32 Å². The maximum Gasteiger partial charge on any atom is 0.163 e. The summed E-state index contributed by atoms with van der Waals surface area (Å²) >= 11 is 0. The second-order valence-corrected chi connectivity index (χ2v) is 6.06. The van der Waals surface area contributed by atoms with E-state index in [1.54, 1.807) is 28.9 Å². The zero-order chi connectivity index (χ0) is 19.3. The normalized spacial score (nSPS) is 10.4. The minimum atomic E-state index is -0.293. The Hall–Kier alpha value is -4.05. The lowest BCUT2D eigenvalue weighted by atomic mass is 10.1. The number of hydrogen-bond donors (Lipinski definition) is 1. The fraction of sp³-hybridized carbons (Fsp3) is 0.0476. The molecule has 7 heteroatoms. The number of nitrogens with one attached hydrogen (secondary N) is 1. The van der Waals surface area contributed by atoms with Crippen LogP contribution in [0.2, 0.25) is 0 Å². The second kappa shape index (κ2) is 7.68. The van der Waals surface area contributed by atoms with Crippen molar-refractivity contribution in [3.05, 3.63) is 90.0 Å². The van der Waals surface area contributed by atoms with Crippen LogP contribution in [0, 0.1) is 17.1 Å². The Morgan fingerprint density at radius 3 is 2.43 bits per heavy atom. The first-order valence-corrected chi connectivity index (χ1v) is 8.60. The number of hydrogen-bond acceptors (Lipinski definition) is 5. The van der Waals surface area contributed by atoms with Crippen molar-refractivity contribution in [1.82, 2.24) is 20.0 Å². The van der Waals surface area contributed by atoms with Gasteiger partial charge in [-0.3, -0.25) is 0 Å². The van der Waals surface area contributed by atoms with E-state index in [0.717, 1.165) is 22.5 Å². The van der Waals surface area contributed by atoms with Gasteiger partial charge in [0.2, 0.25) is 0 Å². The molecule has 2 heterocycles. The molecule has 0 aliphatic carbocycles. The average Bonchev–Trinajstić information content (AvgIpc) is 3.18. The van der Waals surface area contributed by atoms with Gasteiger partial charge in [-0.05, 0) is 48.5 Å². The summed E-state index contributed by atoms with van der Waals surface area (Å²) < 4.78 is 15.1. The zero-order valence-corrected chi connectivity index (χ0v) is 14.7. The van der Waals surface area contributed by atoms with E-state index < -0.39 is 0 Å². The molecule has 2 aromatic heterocycles. The van der Waals surface area contributed by atoms with Crippen molar-refractivity contribution in [3.63, 3.8) is 0 Å². The minimum absolute atomic E-state index is 0.259. The molecule has 6 nitrogen and oxygen atoms in total. The van der Waals surface area contributed by atoms with Gasteiger partial charge in [-0.2, -0.15) is 10.4 Å².